The zero-order chi connectivity index (χ0) is 13.7. The summed E-state index contributed by atoms with van der Waals surface area (Å²) < 4.78 is 0. The topological polar surface area (TPSA) is 101 Å². The summed E-state index contributed by atoms with van der Waals surface area (Å²) in [6.07, 6.45) is 1.29. The van der Waals surface area contributed by atoms with Gasteiger partial charge < -0.3 is 10.4 Å². The van der Waals surface area contributed by atoms with Gasteiger partial charge in [0.05, 0.1) is 4.92 Å². The summed E-state index contributed by atoms with van der Waals surface area (Å²) in [7, 11) is 0. The van der Waals surface area contributed by atoms with E-state index in [0.29, 0.717) is 12.8 Å². The molecule has 100 valence electrons. The van der Waals surface area contributed by atoms with Crippen LogP contribution in [0, 0.1) is 17.0 Å². The number of anilines is 1. The van der Waals surface area contributed by atoms with Crippen LogP contribution in [0.5, 0.6) is 0 Å². The zero-order valence-corrected chi connectivity index (χ0v) is 10.9. The number of aryl methyl sites for hydroxylation is 1. The predicted molar refractivity (Wildman–Crippen MR) is 67.8 cm³/mol. The molecule has 0 fully saturated rings. The van der Waals surface area contributed by atoms with Crippen LogP contribution in [-0.4, -0.2) is 32.6 Å². The molecule has 0 aliphatic carbocycles. The summed E-state index contributed by atoms with van der Waals surface area (Å²) in [5.41, 5.74) is 0.0482. The van der Waals surface area contributed by atoms with Crippen LogP contribution in [0.4, 0.5) is 11.5 Å². The summed E-state index contributed by atoms with van der Waals surface area (Å²) in [6.45, 7) is 3.44. The Morgan fingerprint density at radius 3 is 2.78 bits per heavy atom. The van der Waals surface area contributed by atoms with E-state index in [0.717, 1.165) is 0 Å². The number of aromatic nitrogens is 2. The third-order valence-corrected chi connectivity index (χ3v) is 2.56. The number of nitro groups is 1. The molecule has 1 atom stereocenters. The van der Waals surface area contributed by atoms with E-state index in [1.54, 1.807) is 0 Å². The van der Waals surface area contributed by atoms with Gasteiger partial charge in [-0.1, -0.05) is 0 Å². The minimum atomic E-state index is -0.535. The average Bonchev–Trinajstić information content (AvgIpc) is 2.24. The van der Waals surface area contributed by atoms with Crippen LogP contribution in [0.15, 0.2) is 0 Å². The van der Waals surface area contributed by atoms with E-state index in [9.17, 15) is 10.1 Å². The maximum absolute atomic E-state index is 11.0. The first-order chi connectivity index (χ1) is 8.45. The molecule has 1 rings (SSSR count). The molecule has 1 unspecified atom stereocenters. The Balaban J connectivity index is 2.96. The molecule has 1 aromatic rings. The van der Waals surface area contributed by atoms with Crippen molar-refractivity contribution in [1.29, 1.82) is 0 Å². The highest BCUT2D eigenvalue weighted by Gasteiger charge is 2.22. The van der Waals surface area contributed by atoms with E-state index in [1.165, 1.54) is 6.92 Å². The highest BCUT2D eigenvalue weighted by atomic mass is 35.5. The Bertz CT molecular complexity index is 441. The Kier molecular flexibility index (Phi) is 5.24. The van der Waals surface area contributed by atoms with Gasteiger partial charge in [0.25, 0.3) is 0 Å². The normalized spacial score (nSPS) is 12.2. The molecule has 0 saturated heterocycles. The Hall–Kier alpha value is -1.47. The van der Waals surface area contributed by atoms with Crippen molar-refractivity contribution in [2.45, 2.75) is 32.7 Å². The van der Waals surface area contributed by atoms with Gasteiger partial charge in [-0.05, 0) is 38.3 Å². The number of hydrogen-bond donors (Lipinski definition) is 2. The van der Waals surface area contributed by atoms with Crippen LogP contribution >= 0.6 is 11.6 Å². The van der Waals surface area contributed by atoms with E-state index in [2.05, 4.69) is 15.3 Å². The average molecular weight is 275 g/mol. The maximum Gasteiger partial charge on any atom is 0.332 e. The number of rotatable bonds is 6. The molecule has 0 aliphatic heterocycles. The lowest BCUT2D eigenvalue weighted by Gasteiger charge is -2.14. The smallest absolute Gasteiger partial charge is 0.332 e. The van der Waals surface area contributed by atoms with Crippen molar-refractivity contribution in [2.75, 3.05) is 11.9 Å². The SMILES string of the molecule is Cc1nc(Cl)nc(NC(C)CCCO)c1[N+](=O)[O-]. The lowest BCUT2D eigenvalue weighted by Crippen LogP contribution is -2.18. The van der Waals surface area contributed by atoms with Gasteiger partial charge >= 0.3 is 5.69 Å². The Labute approximate surface area is 109 Å². The molecule has 1 aromatic heterocycles. The predicted octanol–water partition coefficient (Wildman–Crippen LogP) is 1.92. The van der Waals surface area contributed by atoms with Gasteiger partial charge in [-0.15, -0.1) is 0 Å². The molecule has 0 saturated carbocycles. The summed E-state index contributed by atoms with van der Waals surface area (Å²) in [6, 6.07) is -0.0544. The van der Waals surface area contributed by atoms with Gasteiger partial charge in [0, 0.05) is 12.6 Å². The van der Waals surface area contributed by atoms with Gasteiger partial charge in [-0.3, -0.25) is 10.1 Å². The highest BCUT2D eigenvalue weighted by molar-refractivity contribution is 6.28. The second-order valence-electron chi connectivity index (χ2n) is 3.94. The van der Waals surface area contributed by atoms with Crippen LogP contribution < -0.4 is 5.32 Å². The quantitative estimate of drug-likeness (QED) is 0.467. The fourth-order valence-electron chi connectivity index (χ4n) is 1.56. The number of nitrogens with zero attached hydrogens (tertiary/aromatic N) is 3. The summed E-state index contributed by atoms with van der Waals surface area (Å²) in [4.78, 5) is 18.0. The summed E-state index contributed by atoms with van der Waals surface area (Å²) in [5.74, 6) is 0.114. The fourth-order valence-corrected chi connectivity index (χ4v) is 1.77. The lowest BCUT2D eigenvalue weighted by molar-refractivity contribution is -0.385. The van der Waals surface area contributed by atoms with Crippen molar-refractivity contribution in [3.63, 3.8) is 0 Å². The zero-order valence-electron chi connectivity index (χ0n) is 10.2. The number of hydrogen-bond acceptors (Lipinski definition) is 6. The standard InChI is InChI=1S/C10H15ClN4O3/c1-6(4-3-5-16)12-9-8(15(17)18)7(2)13-10(11)14-9/h6,16H,3-5H2,1-2H3,(H,12,13,14). The fraction of sp³-hybridized carbons (Fsp3) is 0.600. The third-order valence-electron chi connectivity index (χ3n) is 2.39. The van der Waals surface area contributed by atoms with E-state index in [4.69, 9.17) is 16.7 Å². The highest BCUT2D eigenvalue weighted by Crippen LogP contribution is 2.27. The molecular formula is C10H15ClN4O3. The molecule has 8 heteroatoms. The van der Waals surface area contributed by atoms with Crippen molar-refractivity contribution in [2.24, 2.45) is 0 Å². The van der Waals surface area contributed by atoms with Crippen LogP contribution in [0.2, 0.25) is 5.28 Å². The number of nitrogens with one attached hydrogen (secondary N) is 1. The van der Waals surface area contributed by atoms with Gasteiger partial charge in [-0.2, -0.15) is 4.98 Å². The molecule has 0 bridgehead atoms. The Morgan fingerprint density at radius 2 is 2.22 bits per heavy atom. The lowest BCUT2D eigenvalue weighted by atomic mass is 10.2. The molecule has 7 nitrogen and oxygen atoms in total. The second kappa shape index (κ2) is 6.46. The minimum Gasteiger partial charge on any atom is -0.396 e. The van der Waals surface area contributed by atoms with Crippen molar-refractivity contribution in [3.8, 4) is 0 Å². The third kappa shape index (κ3) is 3.78. The molecule has 0 amide bonds. The largest absolute Gasteiger partial charge is 0.396 e. The maximum atomic E-state index is 11.0. The molecule has 18 heavy (non-hydrogen) atoms. The van der Waals surface area contributed by atoms with Crippen LogP contribution in [-0.2, 0) is 0 Å². The first-order valence-electron chi connectivity index (χ1n) is 5.51. The molecule has 1 heterocycles. The van der Waals surface area contributed by atoms with Gasteiger partial charge in [-0.25, -0.2) is 4.98 Å². The first-order valence-corrected chi connectivity index (χ1v) is 5.89. The molecule has 0 spiro atoms. The van der Waals surface area contributed by atoms with E-state index >= 15 is 0 Å². The molecule has 0 aliphatic rings. The van der Waals surface area contributed by atoms with Gasteiger partial charge in [0.1, 0.15) is 5.69 Å². The molecular weight excluding hydrogens is 260 g/mol. The number of aliphatic hydroxyl groups is 1. The molecule has 0 radical (unpaired) electrons. The summed E-state index contributed by atoms with van der Waals surface area (Å²) in [5, 5.41) is 22.6. The van der Waals surface area contributed by atoms with E-state index in [1.807, 2.05) is 6.92 Å². The Morgan fingerprint density at radius 1 is 1.56 bits per heavy atom. The van der Waals surface area contributed by atoms with Crippen LogP contribution in [0.3, 0.4) is 0 Å². The van der Waals surface area contributed by atoms with Crippen molar-refractivity contribution in [3.05, 3.63) is 21.1 Å². The van der Waals surface area contributed by atoms with E-state index in [-0.39, 0.29) is 35.1 Å². The van der Waals surface area contributed by atoms with Crippen molar-refractivity contribution in [1.82, 2.24) is 9.97 Å². The van der Waals surface area contributed by atoms with Gasteiger partial charge in [0.15, 0.2) is 0 Å². The van der Waals surface area contributed by atoms with Crippen LogP contribution in [0.1, 0.15) is 25.5 Å². The molecule has 2 N–H and O–H groups in total. The van der Waals surface area contributed by atoms with Crippen molar-refractivity contribution >= 4 is 23.1 Å². The minimum absolute atomic E-state index is 0.0324. The second-order valence-corrected chi connectivity index (χ2v) is 4.28. The monoisotopic (exact) mass is 274 g/mol. The summed E-state index contributed by atoms with van der Waals surface area (Å²) >= 11 is 5.69. The number of halogens is 1. The first kappa shape index (κ1) is 14.6. The van der Waals surface area contributed by atoms with Crippen LogP contribution in [0.25, 0.3) is 0 Å². The molecule has 0 aromatic carbocycles. The van der Waals surface area contributed by atoms with Gasteiger partial charge in [0.2, 0.25) is 11.1 Å². The van der Waals surface area contributed by atoms with Crippen molar-refractivity contribution < 1.29 is 10.0 Å². The van der Waals surface area contributed by atoms with E-state index < -0.39 is 4.92 Å². The number of aliphatic hydroxyl groups excluding tert-OH is 1.